The van der Waals surface area contributed by atoms with E-state index in [0.717, 1.165) is 6.42 Å². The van der Waals surface area contributed by atoms with Crippen molar-refractivity contribution in [3.63, 3.8) is 0 Å². The average molecular weight is 318 g/mol. The molecule has 124 valence electrons. The van der Waals surface area contributed by atoms with Crippen LogP contribution in [0.3, 0.4) is 0 Å². The molecular formula is C16H22N4O3. The lowest BCUT2D eigenvalue weighted by Crippen LogP contribution is -2.55. The molecule has 2 saturated heterocycles. The summed E-state index contributed by atoms with van der Waals surface area (Å²) in [5, 5.41) is 0. The molecule has 23 heavy (non-hydrogen) atoms. The third-order valence-corrected chi connectivity index (χ3v) is 4.19. The van der Waals surface area contributed by atoms with Crippen LogP contribution >= 0.6 is 0 Å². The number of ether oxygens (including phenoxy) is 1. The molecule has 0 spiro atoms. The summed E-state index contributed by atoms with van der Waals surface area (Å²) in [6.45, 7) is 4.10. The van der Waals surface area contributed by atoms with Gasteiger partial charge in [0.25, 0.3) is 0 Å². The molecule has 0 radical (unpaired) electrons. The van der Waals surface area contributed by atoms with E-state index in [2.05, 4.69) is 10.9 Å². The number of nitrogens with one attached hydrogen (secondary N) is 2. The summed E-state index contributed by atoms with van der Waals surface area (Å²) < 4.78 is 5.32. The number of hydrogen-bond acceptors (Lipinski definition) is 5. The molecule has 1 aromatic rings. The fraction of sp³-hybridized carbons (Fsp3) is 0.500. The Morgan fingerprint density at radius 3 is 2.30 bits per heavy atom. The van der Waals surface area contributed by atoms with Gasteiger partial charge < -0.3 is 14.5 Å². The van der Waals surface area contributed by atoms with Crippen molar-refractivity contribution in [3.05, 3.63) is 30.3 Å². The molecule has 0 bridgehead atoms. The van der Waals surface area contributed by atoms with E-state index in [9.17, 15) is 9.59 Å². The van der Waals surface area contributed by atoms with Crippen molar-refractivity contribution in [2.45, 2.75) is 25.4 Å². The molecule has 2 N–H and O–H groups in total. The predicted octanol–water partition coefficient (Wildman–Crippen LogP) is 0.585. The largest absolute Gasteiger partial charge is 0.415 e. The fourth-order valence-corrected chi connectivity index (χ4v) is 2.86. The molecule has 2 unspecified atom stereocenters. The van der Waals surface area contributed by atoms with E-state index in [0.29, 0.717) is 38.0 Å². The second-order valence-corrected chi connectivity index (χ2v) is 5.97. The van der Waals surface area contributed by atoms with Crippen LogP contribution in [0.5, 0.6) is 5.75 Å². The van der Waals surface area contributed by atoms with Gasteiger partial charge >= 0.3 is 6.09 Å². The second-order valence-electron chi connectivity index (χ2n) is 5.97. The molecule has 1 aromatic carbocycles. The monoisotopic (exact) mass is 318 g/mol. The molecule has 2 heterocycles. The first-order valence-electron chi connectivity index (χ1n) is 7.95. The smallest absolute Gasteiger partial charge is 0.410 e. The van der Waals surface area contributed by atoms with E-state index in [1.165, 1.54) is 0 Å². The average Bonchev–Trinajstić information content (AvgIpc) is 3.02. The van der Waals surface area contributed by atoms with E-state index < -0.39 is 0 Å². The normalized spacial score (nSPS) is 24.6. The van der Waals surface area contributed by atoms with Gasteiger partial charge in [0.05, 0.1) is 0 Å². The van der Waals surface area contributed by atoms with Gasteiger partial charge in [0, 0.05) is 32.2 Å². The topological polar surface area (TPSA) is 73.9 Å². The van der Waals surface area contributed by atoms with Gasteiger partial charge in [0.2, 0.25) is 5.91 Å². The van der Waals surface area contributed by atoms with Gasteiger partial charge in [-0.15, -0.1) is 0 Å². The first kappa shape index (κ1) is 15.8. The molecule has 0 aliphatic carbocycles. The van der Waals surface area contributed by atoms with Gasteiger partial charge in [-0.3, -0.25) is 10.2 Å². The molecule has 2 amide bonds. The zero-order chi connectivity index (χ0) is 16.2. The van der Waals surface area contributed by atoms with Crippen molar-refractivity contribution in [2.24, 2.45) is 0 Å². The Bertz CT molecular complexity index is 558. The molecule has 7 heteroatoms. The lowest BCUT2D eigenvalue weighted by atomic mass is 10.1. The van der Waals surface area contributed by atoms with Crippen LogP contribution in [0.4, 0.5) is 4.79 Å². The zero-order valence-electron chi connectivity index (χ0n) is 13.2. The van der Waals surface area contributed by atoms with Gasteiger partial charge in [-0.2, -0.15) is 0 Å². The van der Waals surface area contributed by atoms with E-state index in [1.807, 2.05) is 30.0 Å². The number of hydrazine groups is 1. The minimum atomic E-state index is -0.363. The highest BCUT2D eigenvalue weighted by Crippen LogP contribution is 2.13. The van der Waals surface area contributed by atoms with Gasteiger partial charge in [-0.25, -0.2) is 10.2 Å². The Hall–Kier alpha value is -2.12. The van der Waals surface area contributed by atoms with Crippen LogP contribution in [0.25, 0.3) is 0 Å². The molecule has 7 nitrogen and oxygen atoms in total. The van der Waals surface area contributed by atoms with E-state index in [1.54, 1.807) is 17.0 Å². The number of carbonyl (C=O) groups excluding carboxylic acids is 2. The number of nitrogens with zero attached hydrogens (tertiary/aromatic N) is 2. The number of hydrogen-bond donors (Lipinski definition) is 2. The van der Waals surface area contributed by atoms with Crippen molar-refractivity contribution in [1.82, 2.24) is 20.7 Å². The van der Waals surface area contributed by atoms with Crippen LogP contribution in [0.2, 0.25) is 0 Å². The van der Waals surface area contributed by atoms with Crippen LogP contribution in [0.1, 0.15) is 13.3 Å². The summed E-state index contributed by atoms with van der Waals surface area (Å²) in [7, 11) is 0. The summed E-state index contributed by atoms with van der Waals surface area (Å²) in [5.74, 6) is 0.629. The van der Waals surface area contributed by atoms with Crippen molar-refractivity contribution in [2.75, 3.05) is 26.2 Å². The molecule has 2 aliphatic heterocycles. The van der Waals surface area contributed by atoms with Gasteiger partial charge in [0.1, 0.15) is 11.8 Å². The molecule has 0 aromatic heterocycles. The highest BCUT2D eigenvalue weighted by Gasteiger charge is 2.32. The Morgan fingerprint density at radius 1 is 1.04 bits per heavy atom. The van der Waals surface area contributed by atoms with E-state index in [4.69, 9.17) is 4.74 Å². The van der Waals surface area contributed by atoms with E-state index >= 15 is 0 Å². The van der Waals surface area contributed by atoms with Gasteiger partial charge in [-0.1, -0.05) is 18.2 Å². The zero-order valence-corrected chi connectivity index (χ0v) is 13.2. The van der Waals surface area contributed by atoms with Crippen LogP contribution < -0.4 is 15.6 Å². The number of carbonyl (C=O) groups is 2. The third-order valence-electron chi connectivity index (χ3n) is 4.19. The molecular weight excluding hydrogens is 296 g/mol. The minimum Gasteiger partial charge on any atom is -0.410 e. The maximum absolute atomic E-state index is 12.4. The molecule has 3 rings (SSSR count). The summed E-state index contributed by atoms with van der Waals surface area (Å²) in [5.41, 5.74) is 6.09. The summed E-state index contributed by atoms with van der Waals surface area (Å²) >= 11 is 0. The van der Waals surface area contributed by atoms with E-state index in [-0.39, 0.29) is 18.0 Å². The lowest BCUT2D eigenvalue weighted by molar-refractivity contribution is -0.134. The Kier molecular flexibility index (Phi) is 4.78. The molecule has 2 fully saturated rings. The molecule has 0 saturated carbocycles. The summed E-state index contributed by atoms with van der Waals surface area (Å²) in [4.78, 5) is 28.0. The van der Waals surface area contributed by atoms with Crippen LogP contribution in [0, 0.1) is 0 Å². The van der Waals surface area contributed by atoms with Crippen molar-refractivity contribution >= 4 is 12.0 Å². The first-order chi connectivity index (χ1) is 11.1. The highest BCUT2D eigenvalue weighted by molar-refractivity contribution is 5.82. The lowest BCUT2D eigenvalue weighted by Gasteiger charge is -2.35. The minimum absolute atomic E-state index is 0.0953. The number of amides is 2. The van der Waals surface area contributed by atoms with Crippen LogP contribution in [0.15, 0.2) is 30.3 Å². The maximum Gasteiger partial charge on any atom is 0.415 e. The van der Waals surface area contributed by atoms with Gasteiger partial charge in [-0.05, 0) is 25.5 Å². The SMILES string of the molecule is CC1CC(C(=O)N2CCN(C(=O)Oc3ccccc3)CC2)NN1. The van der Waals surface area contributed by atoms with Crippen molar-refractivity contribution in [3.8, 4) is 5.75 Å². The van der Waals surface area contributed by atoms with Crippen molar-refractivity contribution in [1.29, 1.82) is 0 Å². The first-order valence-corrected chi connectivity index (χ1v) is 7.95. The van der Waals surface area contributed by atoms with Crippen LogP contribution in [-0.2, 0) is 4.79 Å². The fourth-order valence-electron chi connectivity index (χ4n) is 2.86. The predicted molar refractivity (Wildman–Crippen MR) is 84.8 cm³/mol. The number of benzene rings is 1. The number of para-hydroxylation sites is 1. The second kappa shape index (κ2) is 6.97. The Labute approximate surface area is 135 Å². The Morgan fingerprint density at radius 2 is 1.70 bits per heavy atom. The number of rotatable bonds is 2. The highest BCUT2D eigenvalue weighted by atomic mass is 16.6. The molecule has 2 atom stereocenters. The number of piperazine rings is 1. The maximum atomic E-state index is 12.4. The van der Waals surface area contributed by atoms with Crippen molar-refractivity contribution < 1.29 is 14.3 Å². The summed E-state index contributed by atoms with van der Waals surface area (Å²) in [6, 6.07) is 9.13. The summed E-state index contributed by atoms with van der Waals surface area (Å²) in [6.07, 6.45) is 0.423. The molecule has 2 aliphatic rings. The van der Waals surface area contributed by atoms with Crippen LogP contribution in [-0.4, -0.2) is 60.1 Å². The third kappa shape index (κ3) is 3.80. The Balaban J connectivity index is 1.48. The standard InChI is InChI=1S/C16H22N4O3/c1-12-11-14(18-17-12)15(21)19-7-9-20(10-8-19)16(22)23-13-5-3-2-4-6-13/h2-6,12,14,17-18H,7-11H2,1H3. The van der Waals surface area contributed by atoms with Gasteiger partial charge in [0.15, 0.2) is 0 Å². The quantitative estimate of drug-likeness (QED) is 0.835.